The first-order valence-corrected chi connectivity index (χ1v) is 6.60. The molecule has 1 aromatic rings. The SMILES string of the molecule is NCc1ncccc1COCC1CCCCC1. The summed E-state index contributed by atoms with van der Waals surface area (Å²) in [5.74, 6) is 0.766. The smallest absolute Gasteiger partial charge is 0.0735 e. The number of hydrogen-bond acceptors (Lipinski definition) is 3. The highest BCUT2D eigenvalue weighted by molar-refractivity contribution is 5.18. The van der Waals surface area contributed by atoms with Crippen LogP contribution in [0, 0.1) is 5.92 Å². The molecule has 0 radical (unpaired) electrons. The molecule has 0 unspecified atom stereocenters. The minimum atomic E-state index is 0.489. The van der Waals surface area contributed by atoms with Crippen LogP contribution in [-0.2, 0) is 17.9 Å². The zero-order chi connectivity index (χ0) is 11.9. The molecule has 1 saturated carbocycles. The molecular formula is C14H22N2O. The Morgan fingerprint density at radius 3 is 2.88 bits per heavy atom. The van der Waals surface area contributed by atoms with E-state index in [4.69, 9.17) is 10.5 Å². The number of hydrogen-bond donors (Lipinski definition) is 1. The third-order valence-electron chi connectivity index (χ3n) is 3.51. The summed E-state index contributed by atoms with van der Waals surface area (Å²) in [5, 5.41) is 0. The second-order valence-corrected chi connectivity index (χ2v) is 4.83. The third-order valence-corrected chi connectivity index (χ3v) is 3.51. The molecule has 1 aliphatic carbocycles. The van der Waals surface area contributed by atoms with Crippen LogP contribution in [0.4, 0.5) is 0 Å². The number of aromatic nitrogens is 1. The van der Waals surface area contributed by atoms with Crippen molar-refractivity contribution >= 4 is 0 Å². The van der Waals surface area contributed by atoms with Crippen LogP contribution in [0.5, 0.6) is 0 Å². The Balaban J connectivity index is 1.77. The van der Waals surface area contributed by atoms with E-state index in [1.54, 1.807) is 6.20 Å². The van der Waals surface area contributed by atoms with E-state index in [9.17, 15) is 0 Å². The summed E-state index contributed by atoms with van der Waals surface area (Å²) in [4.78, 5) is 4.26. The first kappa shape index (κ1) is 12.5. The van der Waals surface area contributed by atoms with Crippen molar-refractivity contribution in [1.29, 1.82) is 0 Å². The zero-order valence-corrected chi connectivity index (χ0v) is 10.4. The minimum Gasteiger partial charge on any atom is -0.376 e. The van der Waals surface area contributed by atoms with Crippen LogP contribution in [-0.4, -0.2) is 11.6 Å². The minimum absolute atomic E-state index is 0.489. The van der Waals surface area contributed by atoms with Gasteiger partial charge >= 0.3 is 0 Å². The Kier molecular flexibility index (Phi) is 4.95. The summed E-state index contributed by atoms with van der Waals surface area (Å²) in [6.07, 6.45) is 8.58. The van der Waals surface area contributed by atoms with Gasteiger partial charge in [-0.25, -0.2) is 0 Å². The van der Waals surface area contributed by atoms with E-state index in [0.717, 1.165) is 23.8 Å². The summed E-state index contributed by atoms with van der Waals surface area (Å²) in [6.45, 7) is 2.03. The molecule has 1 fully saturated rings. The average molecular weight is 234 g/mol. The average Bonchev–Trinajstić information content (AvgIpc) is 2.40. The summed E-state index contributed by atoms with van der Waals surface area (Å²) >= 11 is 0. The third kappa shape index (κ3) is 3.79. The van der Waals surface area contributed by atoms with Crippen LogP contribution in [0.25, 0.3) is 0 Å². The Hall–Kier alpha value is -0.930. The van der Waals surface area contributed by atoms with E-state index in [2.05, 4.69) is 11.1 Å². The molecule has 0 bridgehead atoms. The van der Waals surface area contributed by atoms with E-state index in [1.165, 1.54) is 32.1 Å². The molecule has 0 aliphatic heterocycles. The summed E-state index contributed by atoms with van der Waals surface area (Å²) < 4.78 is 5.81. The van der Waals surface area contributed by atoms with E-state index < -0.39 is 0 Å². The summed E-state index contributed by atoms with van der Waals surface area (Å²) in [5.41, 5.74) is 7.73. The van der Waals surface area contributed by atoms with Gasteiger partial charge in [0.1, 0.15) is 0 Å². The molecule has 3 heteroatoms. The van der Waals surface area contributed by atoms with E-state index in [-0.39, 0.29) is 0 Å². The van der Waals surface area contributed by atoms with E-state index in [0.29, 0.717) is 13.2 Å². The van der Waals surface area contributed by atoms with Crippen LogP contribution in [0.15, 0.2) is 18.3 Å². The standard InChI is InChI=1S/C14H22N2O/c15-9-14-13(7-4-8-16-14)11-17-10-12-5-2-1-3-6-12/h4,7-8,12H,1-3,5-6,9-11,15H2. The maximum absolute atomic E-state index is 5.81. The van der Waals surface area contributed by atoms with Crippen LogP contribution in [0.1, 0.15) is 43.4 Å². The van der Waals surface area contributed by atoms with Crippen molar-refractivity contribution in [3.63, 3.8) is 0 Å². The molecule has 17 heavy (non-hydrogen) atoms. The molecule has 1 heterocycles. The summed E-state index contributed by atoms with van der Waals surface area (Å²) in [6, 6.07) is 3.99. The maximum Gasteiger partial charge on any atom is 0.0735 e. The lowest BCUT2D eigenvalue weighted by Crippen LogP contribution is -2.14. The Labute approximate surface area is 103 Å². The molecule has 2 N–H and O–H groups in total. The van der Waals surface area contributed by atoms with Gasteiger partial charge in [-0.05, 0) is 24.8 Å². The number of nitrogens with zero attached hydrogens (tertiary/aromatic N) is 1. The van der Waals surface area contributed by atoms with E-state index in [1.807, 2.05) is 6.07 Å². The van der Waals surface area contributed by atoms with Gasteiger partial charge < -0.3 is 10.5 Å². The van der Waals surface area contributed by atoms with Gasteiger partial charge in [-0.2, -0.15) is 0 Å². The molecule has 0 atom stereocenters. The van der Waals surface area contributed by atoms with E-state index >= 15 is 0 Å². The zero-order valence-electron chi connectivity index (χ0n) is 10.4. The number of ether oxygens (including phenoxy) is 1. The fourth-order valence-corrected chi connectivity index (χ4v) is 2.48. The fourth-order valence-electron chi connectivity index (χ4n) is 2.48. The predicted molar refractivity (Wildman–Crippen MR) is 68.4 cm³/mol. The first-order chi connectivity index (χ1) is 8.40. The lowest BCUT2D eigenvalue weighted by Gasteiger charge is -2.21. The normalized spacial score (nSPS) is 17.2. The highest BCUT2D eigenvalue weighted by Crippen LogP contribution is 2.24. The van der Waals surface area contributed by atoms with Gasteiger partial charge in [0.15, 0.2) is 0 Å². The van der Waals surface area contributed by atoms with Crippen molar-refractivity contribution in [2.75, 3.05) is 6.61 Å². The second-order valence-electron chi connectivity index (χ2n) is 4.83. The monoisotopic (exact) mass is 234 g/mol. The van der Waals surface area contributed by atoms with Crippen molar-refractivity contribution in [2.45, 2.75) is 45.3 Å². The van der Waals surface area contributed by atoms with Gasteiger partial charge in [-0.1, -0.05) is 25.3 Å². The summed E-state index contributed by atoms with van der Waals surface area (Å²) in [7, 11) is 0. The van der Waals surface area contributed by atoms with Crippen LogP contribution in [0.3, 0.4) is 0 Å². The first-order valence-electron chi connectivity index (χ1n) is 6.60. The van der Waals surface area contributed by atoms with Gasteiger partial charge in [0.05, 0.1) is 12.3 Å². The molecule has 2 rings (SSSR count). The van der Waals surface area contributed by atoms with Crippen molar-refractivity contribution in [3.8, 4) is 0 Å². The maximum atomic E-state index is 5.81. The molecular weight excluding hydrogens is 212 g/mol. The van der Waals surface area contributed by atoms with Crippen LogP contribution >= 0.6 is 0 Å². The predicted octanol–water partition coefficient (Wildman–Crippen LogP) is 2.64. The topological polar surface area (TPSA) is 48.1 Å². The largest absolute Gasteiger partial charge is 0.376 e. The molecule has 1 aliphatic rings. The fraction of sp³-hybridized carbons (Fsp3) is 0.643. The highest BCUT2D eigenvalue weighted by Gasteiger charge is 2.13. The van der Waals surface area contributed by atoms with Gasteiger partial charge in [0.25, 0.3) is 0 Å². The van der Waals surface area contributed by atoms with Gasteiger partial charge in [0, 0.05) is 24.9 Å². The lowest BCUT2D eigenvalue weighted by atomic mass is 9.90. The molecule has 0 aromatic carbocycles. The van der Waals surface area contributed by atoms with Crippen molar-refractivity contribution < 1.29 is 4.74 Å². The molecule has 94 valence electrons. The van der Waals surface area contributed by atoms with Crippen molar-refractivity contribution in [1.82, 2.24) is 4.98 Å². The van der Waals surface area contributed by atoms with Gasteiger partial charge in [-0.3, -0.25) is 4.98 Å². The van der Waals surface area contributed by atoms with Crippen molar-refractivity contribution in [3.05, 3.63) is 29.6 Å². The Morgan fingerprint density at radius 2 is 2.12 bits per heavy atom. The van der Waals surface area contributed by atoms with Gasteiger partial charge in [-0.15, -0.1) is 0 Å². The quantitative estimate of drug-likeness (QED) is 0.852. The highest BCUT2D eigenvalue weighted by atomic mass is 16.5. The van der Waals surface area contributed by atoms with Crippen LogP contribution in [0.2, 0.25) is 0 Å². The number of nitrogens with two attached hydrogens (primary N) is 1. The Bertz CT molecular complexity index is 335. The molecule has 1 aromatic heterocycles. The lowest BCUT2D eigenvalue weighted by molar-refractivity contribution is 0.0733. The van der Waals surface area contributed by atoms with Crippen LogP contribution < -0.4 is 5.73 Å². The number of rotatable bonds is 5. The number of pyridine rings is 1. The molecule has 3 nitrogen and oxygen atoms in total. The Morgan fingerprint density at radius 1 is 1.29 bits per heavy atom. The van der Waals surface area contributed by atoms with Gasteiger partial charge in [0.2, 0.25) is 0 Å². The second kappa shape index (κ2) is 6.72. The molecule has 0 saturated heterocycles. The molecule has 0 spiro atoms. The molecule has 0 amide bonds. The van der Waals surface area contributed by atoms with Crippen molar-refractivity contribution in [2.24, 2.45) is 11.7 Å².